The van der Waals surface area contributed by atoms with Crippen molar-refractivity contribution in [2.45, 2.75) is 33.4 Å². The summed E-state index contributed by atoms with van der Waals surface area (Å²) < 4.78 is 19.0. The number of benzene rings is 3. The minimum Gasteiger partial charge on any atom is -0.493 e. The maximum Gasteiger partial charge on any atom is 0.338 e. The number of halogens is 1. The average molecular weight is 589 g/mol. The molecule has 5 rings (SSSR count). The number of thiazole rings is 1. The Hall–Kier alpha value is -4.14. The molecule has 7 nitrogen and oxygen atoms in total. The van der Waals surface area contributed by atoms with Crippen molar-refractivity contribution in [1.29, 1.82) is 0 Å². The Labute approximate surface area is 246 Å². The first kappa shape index (κ1) is 28.4. The summed E-state index contributed by atoms with van der Waals surface area (Å²) in [5, 5.41) is 0.665. The van der Waals surface area contributed by atoms with Crippen LogP contribution in [-0.2, 0) is 16.1 Å². The van der Waals surface area contributed by atoms with Crippen LogP contribution in [0.4, 0.5) is 0 Å². The normalized spacial score (nSPS) is 14.9. The second-order valence-corrected chi connectivity index (χ2v) is 11.0. The minimum absolute atomic E-state index is 0.224. The van der Waals surface area contributed by atoms with Gasteiger partial charge in [0.1, 0.15) is 6.61 Å². The fraction of sp³-hybridized carbons (Fsp3) is 0.219. The number of esters is 1. The lowest BCUT2D eigenvalue weighted by atomic mass is 9.95. The van der Waals surface area contributed by atoms with Crippen LogP contribution in [0.3, 0.4) is 0 Å². The zero-order valence-electron chi connectivity index (χ0n) is 23.1. The van der Waals surface area contributed by atoms with Gasteiger partial charge in [-0.25, -0.2) is 9.79 Å². The third-order valence-corrected chi connectivity index (χ3v) is 7.94. The third kappa shape index (κ3) is 5.99. The fourth-order valence-electron chi connectivity index (χ4n) is 4.64. The smallest absolute Gasteiger partial charge is 0.338 e. The molecule has 0 bridgehead atoms. The molecule has 1 unspecified atom stereocenters. The lowest BCUT2D eigenvalue weighted by molar-refractivity contribution is -0.139. The van der Waals surface area contributed by atoms with Gasteiger partial charge in [0.2, 0.25) is 0 Å². The van der Waals surface area contributed by atoms with E-state index < -0.39 is 12.0 Å². The molecule has 9 heteroatoms. The first-order valence-electron chi connectivity index (χ1n) is 13.1. The molecule has 4 aromatic rings. The third-order valence-electron chi connectivity index (χ3n) is 6.70. The number of carbonyl (C=O) groups excluding carboxylic acids is 1. The predicted molar refractivity (Wildman–Crippen MR) is 160 cm³/mol. The highest BCUT2D eigenvalue weighted by Gasteiger charge is 2.33. The van der Waals surface area contributed by atoms with Crippen molar-refractivity contribution in [3.8, 4) is 11.5 Å². The second-order valence-electron chi connectivity index (χ2n) is 9.54. The Morgan fingerprint density at radius 3 is 2.46 bits per heavy atom. The van der Waals surface area contributed by atoms with Crippen molar-refractivity contribution in [2.24, 2.45) is 4.99 Å². The summed E-state index contributed by atoms with van der Waals surface area (Å²) >= 11 is 7.25. The van der Waals surface area contributed by atoms with Gasteiger partial charge in [-0.3, -0.25) is 9.36 Å². The van der Waals surface area contributed by atoms with Crippen molar-refractivity contribution in [3.63, 3.8) is 0 Å². The number of rotatable bonds is 8. The van der Waals surface area contributed by atoms with Gasteiger partial charge in [0.25, 0.3) is 5.56 Å². The van der Waals surface area contributed by atoms with E-state index in [0.717, 1.165) is 22.3 Å². The Kier molecular flexibility index (Phi) is 8.42. The number of methoxy groups -OCH3 is 1. The van der Waals surface area contributed by atoms with Gasteiger partial charge in [-0.2, -0.15) is 0 Å². The van der Waals surface area contributed by atoms with Crippen LogP contribution in [0, 0.1) is 6.92 Å². The quantitative estimate of drug-likeness (QED) is 0.259. The largest absolute Gasteiger partial charge is 0.493 e. The van der Waals surface area contributed by atoms with Gasteiger partial charge in [-0.1, -0.05) is 71.0 Å². The van der Waals surface area contributed by atoms with E-state index in [2.05, 4.69) is 4.99 Å². The topological polar surface area (TPSA) is 79.1 Å². The molecule has 0 saturated heterocycles. The summed E-state index contributed by atoms with van der Waals surface area (Å²) in [6.07, 6.45) is 1.80. The number of allylic oxidation sites excluding steroid dienone is 1. The minimum atomic E-state index is -0.647. The monoisotopic (exact) mass is 588 g/mol. The Balaban J connectivity index is 1.53. The number of aromatic nitrogens is 1. The lowest BCUT2D eigenvalue weighted by Gasteiger charge is -2.24. The van der Waals surface area contributed by atoms with Crippen LogP contribution in [-0.4, -0.2) is 24.3 Å². The molecule has 0 spiro atoms. The molecule has 1 aromatic heterocycles. The summed E-state index contributed by atoms with van der Waals surface area (Å²) in [6.45, 7) is 6.10. The highest BCUT2D eigenvalue weighted by Crippen LogP contribution is 2.31. The molecule has 0 radical (unpaired) electrons. The Bertz CT molecular complexity index is 1800. The Morgan fingerprint density at radius 1 is 1.05 bits per heavy atom. The van der Waals surface area contributed by atoms with Crippen molar-refractivity contribution >= 4 is 35.0 Å². The molecule has 0 saturated carbocycles. The van der Waals surface area contributed by atoms with Gasteiger partial charge in [-0.15, -0.1) is 0 Å². The van der Waals surface area contributed by atoms with Crippen LogP contribution in [0.25, 0.3) is 6.08 Å². The van der Waals surface area contributed by atoms with Crippen molar-refractivity contribution in [2.75, 3.05) is 13.7 Å². The van der Waals surface area contributed by atoms with E-state index in [1.807, 2.05) is 73.7 Å². The fourth-order valence-corrected chi connectivity index (χ4v) is 5.81. The van der Waals surface area contributed by atoms with Gasteiger partial charge in [0.15, 0.2) is 16.3 Å². The van der Waals surface area contributed by atoms with Gasteiger partial charge >= 0.3 is 5.97 Å². The van der Waals surface area contributed by atoms with Crippen molar-refractivity contribution in [3.05, 3.63) is 125 Å². The molecule has 210 valence electrons. The molecule has 1 aliphatic rings. The van der Waals surface area contributed by atoms with Crippen LogP contribution >= 0.6 is 22.9 Å². The maximum absolute atomic E-state index is 13.8. The zero-order chi connectivity index (χ0) is 29.1. The summed E-state index contributed by atoms with van der Waals surface area (Å²) in [4.78, 5) is 32.1. The maximum atomic E-state index is 13.8. The summed E-state index contributed by atoms with van der Waals surface area (Å²) in [7, 11) is 1.57. The van der Waals surface area contributed by atoms with Crippen LogP contribution < -0.4 is 24.4 Å². The molecule has 1 aliphatic heterocycles. The van der Waals surface area contributed by atoms with Gasteiger partial charge in [0.05, 0.1) is 35.6 Å². The molecule has 0 aliphatic carbocycles. The van der Waals surface area contributed by atoms with Crippen LogP contribution in [0.5, 0.6) is 11.5 Å². The van der Waals surface area contributed by atoms with E-state index >= 15 is 0 Å². The van der Waals surface area contributed by atoms with Crippen molar-refractivity contribution < 1.29 is 19.0 Å². The summed E-state index contributed by atoms with van der Waals surface area (Å²) in [5.41, 5.74) is 4.28. The molecule has 0 fully saturated rings. The van der Waals surface area contributed by atoms with Crippen LogP contribution in [0.15, 0.2) is 87.8 Å². The predicted octanol–water partition coefficient (Wildman–Crippen LogP) is 5.35. The number of ether oxygens (including phenoxy) is 3. The molecule has 41 heavy (non-hydrogen) atoms. The molecule has 0 N–H and O–H groups in total. The molecule has 2 heterocycles. The van der Waals surface area contributed by atoms with E-state index in [1.165, 1.54) is 11.3 Å². The standard InChI is InChI=1S/C32H29ClN2O5S/c1-5-39-31(37)28-20(3)34-32-35(29(28)23-11-6-19(2)7-12-23)30(36)27(41-32)17-22-10-15-25(26(16-22)38-4)40-18-21-8-13-24(33)14-9-21/h6-17,29H,5,18H2,1-4H3/b27-17-. The van der Waals surface area contributed by atoms with Gasteiger partial charge in [0, 0.05) is 5.02 Å². The number of aryl methyl sites for hydroxylation is 1. The zero-order valence-corrected chi connectivity index (χ0v) is 24.7. The second kappa shape index (κ2) is 12.2. The highest BCUT2D eigenvalue weighted by molar-refractivity contribution is 7.07. The lowest BCUT2D eigenvalue weighted by Crippen LogP contribution is -2.39. The molecular weight excluding hydrogens is 560 g/mol. The van der Waals surface area contributed by atoms with Crippen molar-refractivity contribution in [1.82, 2.24) is 4.57 Å². The molecule has 3 aromatic carbocycles. The van der Waals surface area contributed by atoms with Crippen LogP contribution in [0.2, 0.25) is 5.02 Å². The van der Waals surface area contributed by atoms with E-state index in [0.29, 0.717) is 43.7 Å². The van der Waals surface area contributed by atoms with Crippen LogP contribution in [0.1, 0.15) is 42.1 Å². The first-order valence-corrected chi connectivity index (χ1v) is 14.3. The van der Waals surface area contributed by atoms with E-state index in [-0.39, 0.29) is 12.2 Å². The van der Waals surface area contributed by atoms with E-state index in [1.54, 1.807) is 31.6 Å². The molecule has 1 atom stereocenters. The number of hydrogen-bond donors (Lipinski definition) is 0. The Morgan fingerprint density at radius 2 is 1.78 bits per heavy atom. The number of nitrogens with zero attached hydrogens (tertiary/aromatic N) is 2. The van der Waals surface area contributed by atoms with E-state index in [9.17, 15) is 9.59 Å². The SMILES string of the molecule is CCOC(=O)C1=C(C)N=c2s/c(=C\c3ccc(OCc4ccc(Cl)cc4)c(OC)c3)c(=O)n2C1c1ccc(C)cc1. The molecular formula is C32H29ClN2O5S. The number of carbonyl (C=O) groups is 1. The highest BCUT2D eigenvalue weighted by atomic mass is 35.5. The van der Waals surface area contributed by atoms with Gasteiger partial charge < -0.3 is 14.2 Å². The molecule has 0 amide bonds. The number of fused-ring (bicyclic) bond motifs is 1. The van der Waals surface area contributed by atoms with E-state index in [4.69, 9.17) is 25.8 Å². The number of hydrogen-bond acceptors (Lipinski definition) is 7. The summed E-state index contributed by atoms with van der Waals surface area (Å²) in [6, 6.07) is 20.1. The van der Waals surface area contributed by atoms with Gasteiger partial charge in [-0.05, 0) is 67.8 Å². The average Bonchev–Trinajstić information content (AvgIpc) is 3.26. The first-order chi connectivity index (χ1) is 19.8. The summed E-state index contributed by atoms with van der Waals surface area (Å²) in [5.74, 6) is 0.640.